The molecule has 0 bridgehead atoms. The van der Waals surface area contributed by atoms with Crippen LogP contribution in [-0.4, -0.2) is 25.1 Å². The van der Waals surface area contributed by atoms with Crippen molar-refractivity contribution in [2.45, 2.75) is 18.7 Å². The second kappa shape index (κ2) is 7.22. The quantitative estimate of drug-likeness (QED) is 0.630. The van der Waals surface area contributed by atoms with Gasteiger partial charge in [0, 0.05) is 5.02 Å². The van der Waals surface area contributed by atoms with Gasteiger partial charge in [0.25, 0.3) is 5.91 Å². The van der Waals surface area contributed by atoms with Crippen molar-refractivity contribution in [1.29, 1.82) is 0 Å². The highest BCUT2D eigenvalue weighted by molar-refractivity contribution is 7.92. The van der Waals surface area contributed by atoms with E-state index in [9.17, 15) is 13.2 Å². The van der Waals surface area contributed by atoms with E-state index in [0.717, 1.165) is 21.3 Å². The van der Waals surface area contributed by atoms with E-state index in [1.54, 1.807) is 0 Å². The Morgan fingerprint density at radius 3 is 2.58 bits per heavy atom. The van der Waals surface area contributed by atoms with Gasteiger partial charge in [-0.25, -0.2) is 13.4 Å². The summed E-state index contributed by atoms with van der Waals surface area (Å²) in [5.74, 6) is -1.35. The van der Waals surface area contributed by atoms with Gasteiger partial charge in [-0.05, 0) is 55.3 Å². The molecule has 0 unspecified atom stereocenters. The molecule has 9 heteroatoms. The number of nitrogens with zero attached hydrogens (tertiary/aromatic N) is 1. The standard InChI is InChI=1S/C17H16ClN3O3S2/c1-10-7-11(2)16-14(8-10)19-17(25-16)21-20-15(22)9-26(23,24)13-5-3-12(18)4-6-13/h3-8H,9H2,1-2H3,(H,19,21)(H,20,22). The molecule has 1 amide bonds. The van der Waals surface area contributed by atoms with Crippen LogP contribution in [0.25, 0.3) is 10.2 Å². The molecule has 0 saturated carbocycles. The van der Waals surface area contributed by atoms with Crippen LogP contribution in [0.4, 0.5) is 5.13 Å². The van der Waals surface area contributed by atoms with E-state index in [1.807, 2.05) is 19.9 Å². The van der Waals surface area contributed by atoms with Gasteiger partial charge in [-0.2, -0.15) is 0 Å². The molecule has 3 aromatic rings. The van der Waals surface area contributed by atoms with Crippen LogP contribution < -0.4 is 10.9 Å². The van der Waals surface area contributed by atoms with Crippen molar-refractivity contribution >= 4 is 54.0 Å². The summed E-state index contributed by atoms with van der Waals surface area (Å²) in [5, 5.41) is 0.919. The normalized spacial score (nSPS) is 11.5. The summed E-state index contributed by atoms with van der Waals surface area (Å²) >= 11 is 7.14. The highest BCUT2D eigenvalue weighted by Gasteiger charge is 2.19. The molecular weight excluding hydrogens is 394 g/mol. The number of hydrogen-bond acceptors (Lipinski definition) is 6. The number of benzene rings is 2. The lowest BCUT2D eigenvalue weighted by atomic mass is 10.1. The van der Waals surface area contributed by atoms with Crippen molar-refractivity contribution in [3.63, 3.8) is 0 Å². The third-order valence-corrected chi connectivity index (χ3v) is 6.63. The topological polar surface area (TPSA) is 88.2 Å². The average Bonchev–Trinajstić information content (AvgIpc) is 2.96. The molecule has 2 aromatic carbocycles. The second-order valence-electron chi connectivity index (χ2n) is 5.84. The number of aromatic nitrogens is 1. The van der Waals surface area contributed by atoms with E-state index in [2.05, 4.69) is 21.9 Å². The number of hydrazine groups is 1. The first-order valence-corrected chi connectivity index (χ1v) is 10.5. The van der Waals surface area contributed by atoms with Gasteiger partial charge in [0.15, 0.2) is 9.84 Å². The molecular formula is C17H16ClN3O3S2. The van der Waals surface area contributed by atoms with Crippen molar-refractivity contribution in [2.24, 2.45) is 0 Å². The van der Waals surface area contributed by atoms with E-state index in [1.165, 1.54) is 35.6 Å². The SMILES string of the molecule is Cc1cc(C)c2sc(NNC(=O)CS(=O)(=O)c3ccc(Cl)cc3)nc2c1. The number of fused-ring (bicyclic) bond motifs is 1. The van der Waals surface area contributed by atoms with Crippen molar-refractivity contribution in [3.05, 3.63) is 52.5 Å². The van der Waals surface area contributed by atoms with Gasteiger partial charge >= 0.3 is 0 Å². The summed E-state index contributed by atoms with van der Waals surface area (Å²) in [7, 11) is -3.75. The lowest BCUT2D eigenvalue weighted by Crippen LogP contribution is -2.34. The molecule has 0 aliphatic rings. The van der Waals surface area contributed by atoms with Crippen LogP contribution in [0.2, 0.25) is 5.02 Å². The third-order valence-electron chi connectivity index (χ3n) is 3.62. The van der Waals surface area contributed by atoms with Crippen LogP contribution in [0.1, 0.15) is 11.1 Å². The Morgan fingerprint density at radius 1 is 1.19 bits per heavy atom. The van der Waals surface area contributed by atoms with Crippen LogP contribution in [0.5, 0.6) is 0 Å². The van der Waals surface area contributed by atoms with Gasteiger partial charge < -0.3 is 0 Å². The number of sulfone groups is 1. The zero-order valence-corrected chi connectivity index (χ0v) is 16.4. The molecule has 1 heterocycles. The third kappa shape index (κ3) is 4.14. The summed E-state index contributed by atoms with van der Waals surface area (Å²) in [4.78, 5) is 16.5. The number of carbonyl (C=O) groups is 1. The van der Waals surface area contributed by atoms with E-state index >= 15 is 0 Å². The van der Waals surface area contributed by atoms with Crippen LogP contribution in [-0.2, 0) is 14.6 Å². The zero-order chi connectivity index (χ0) is 18.9. The Kier molecular flexibility index (Phi) is 5.17. The highest BCUT2D eigenvalue weighted by atomic mass is 35.5. The molecule has 26 heavy (non-hydrogen) atoms. The minimum atomic E-state index is -3.75. The number of hydrogen-bond donors (Lipinski definition) is 2. The van der Waals surface area contributed by atoms with Crippen LogP contribution in [0.3, 0.4) is 0 Å². The predicted molar refractivity (Wildman–Crippen MR) is 104 cm³/mol. The number of nitrogens with one attached hydrogen (secondary N) is 2. The molecule has 0 atom stereocenters. The predicted octanol–water partition coefficient (Wildman–Crippen LogP) is 3.48. The monoisotopic (exact) mass is 409 g/mol. The lowest BCUT2D eigenvalue weighted by Gasteiger charge is -2.06. The van der Waals surface area contributed by atoms with Crippen molar-refractivity contribution in [1.82, 2.24) is 10.4 Å². The first-order chi connectivity index (χ1) is 12.2. The van der Waals surface area contributed by atoms with Crippen LogP contribution in [0, 0.1) is 13.8 Å². The first-order valence-electron chi connectivity index (χ1n) is 7.65. The van der Waals surface area contributed by atoms with Crippen LogP contribution in [0.15, 0.2) is 41.3 Å². The van der Waals surface area contributed by atoms with E-state index in [0.29, 0.717) is 10.2 Å². The van der Waals surface area contributed by atoms with E-state index < -0.39 is 21.5 Å². The largest absolute Gasteiger partial charge is 0.273 e. The van der Waals surface area contributed by atoms with Gasteiger partial charge in [-0.15, -0.1) is 0 Å². The maximum atomic E-state index is 12.2. The molecule has 0 radical (unpaired) electrons. The van der Waals surface area contributed by atoms with Gasteiger partial charge in [-0.3, -0.25) is 15.6 Å². The van der Waals surface area contributed by atoms with Crippen molar-refractivity contribution < 1.29 is 13.2 Å². The fourth-order valence-corrected chi connectivity index (χ4v) is 4.62. The minimum Gasteiger partial charge on any atom is -0.273 e. The number of anilines is 1. The Balaban J connectivity index is 1.67. The Labute approximate surface area is 160 Å². The summed E-state index contributed by atoms with van der Waals surface area (Å²) in [5.41, 5.74) is 8.10. The number of halogens is 1. The smallest absolute Gasteiger partial charge is 0.253 e. The summed E-state index contributed by atoms with van der Waals surface area (Å²) in [6.07, 6.45) is 0. The second-order valence-corrected chi connectivity index (χ2v) is 9.26. The van der Waals surface area contributed by atoms with Gasteiger partial charge in [-0.1, -0.05) is 29.0 Å². The first kappa shape index (κ1) is 18.6. The maximum Gasteiger partial charge on any atom is 0.253 e. The van der Waals surface area contributed by atoms with Gasteiger partial charge in [0.2, 0.25) is 5.13 Å². The fraction of sp³-hybridized carbons (Fsp3) is 0.176. The van der Waals surface area contributed by atoms with Crippen LogP contribution >= 0.6 is 22.9 Å². The summed E-state index contributed by atoms with van der Waals surface area (Å²) < 4.78 is 25.5. The molecule has 3 rings (SSSR count). The molecule has 0 saturated heterocycles. The average molecular weight is 410 g/mol. The van der Waals surface area contributed by atoms with Gasteiger partial charge in [0.05, 0.1) is 15.1 Å². The number of amides is 1. The molecule has 6 nitrogen and oxygen atoms in total. The molecule has 2 N–H and O–H groups in total. The van der Waals surface area contributed by atoms with E-state index in [-0.39, 0.29) is 4.90 Å². The van der Waals surface area contributed by atoms with Crippen molar-refractivity contribution in [2.75, 3.05) is 11.2 Å². The zero-order valence-electron chi connectivity index (χ0n) is 14.0. The summed E-state index contributed by atoms with van der Waals surface area (Å²) in [6, 6.07) is 9.69. The molecule has 136 valence electrons. The lowest BCUT2D eigenvalue weighted by molar-refractivity contribution is -0.118. The number of thiazole rings is 1. The van der Waals surface area contributed by atoms with Gasteiger partial charge in [0.1, 0.15) is 5.75 Å². The van der Waals surface area contributed by atoms with Crippen molar-refractivity contribution in [3.8, 4) is 0 Å². The Bertz CT molecular complexity index is 1080. The fourth-order valence-electron chi connectivity index (χ4n) is 2.49. The van der Waals surface area contributed by atoms with E-state index in [4.69, 9.17) is 11.6 Å². The number of aryl methyl sites for hydroxylation is 2. The Morgan fingerprint density at radius 2 is 1.88 bits per heavy atom. The Hall–Kier alpha value is -2.16. The molecule has 0 aliphatic heterocycles. The molecule has 1 aromatic heterocycles. The highest BCUT2D eigenvalue weighted by Crippen LogP contribution is 2.29. The number of rotatable bonds is 5. The summed E-state index contributed by atoms with van der Waals surface area (Å²) in [6.45, 7) is 3.98. The maximum absolute atomic E-state index is 12.2. The number of carbonyl (C=O) groups excluding carboxylic acids is 1. The molecule has 0 aliphatic carbocycles. The molecule has 0 spiro atoms. The minimum absolute atomic E-state index is 0.0446. The molecule has 0 fully saturated rings.